The molecule has 1 aliphatic rings. The molecule has 0 radical (unpaired) electrons. The lowest BCUT2D eigenvalue weighted by Gasteiger charge is -2.29. The van der Waals surface area contributed by atoms with E-state index in [1.807, 2.05) is 4.90 Å². The summed E-state index contributed by atoms with van der Waals surface area (Å²) >= 11 is 0. The van der Waals surface area contributed by atoms with Gasteiger partial charge in [-0.15, -0.1) is 5.10 Å². The van der Waals surface area contributed by atoms with Crippen LogP contribution in [-0.2, 0) is 11.5 Å². The zero-order valence-corrected chi connectivity index (χ0v) is 12.4. The number of aromatic nitrogens is 2. The van der Waals surface area contributed by atoms with Gasteiger partial charge < -0.3 is 10.2 Å². The SMILES string of the molecule is NC(=O)C1CCN(Cn2nc(-c3ccc(F)cc3)oc2=O)CC1. The Hall–Kier alpha value is -2.48. The van der Waals surface area contributed by atoms with E-state index >= 15 is 0 Å². The van der Waals surface area contributed by atoms with Crippen LogP contribution in [0, 0.1) is 11.7 Å². The molecule has 1 aromatic heterocycles. The maximum Gasteiger partial charge on any atom is 0.438 e. The van der Waals surface area contributed by atoms with Gasteiger partial charge in [-0.05, 0) is 37.1 Å². The number of hydrogen-bond acceptors (Lipinski definition) is 5. The minimum absolute atomic E-state index is 0.102. The molecule has 3 rings (SSSR count). The smallest absolute Gasteiger partial charge is 0.388 e. The Morgan fingerprint density at radius 2 is 1.96 bits per heavy atom. The number of piperidine rings is 1. The standard InChI is InChI=1S/C15H17FN4O3/c16-12-3-1-11(2-4-12)14-18-20(15(22)23-14)9-19-7-5-10(6-8-19)13(17)21/h1-4,10H,5-9H2,(H2,17,21). The van der Waals surface area contributed by atoms with Crippen molar-refractivity contribution in [2.24, 2.45) is 11.7 Å². The Kier molecular flexibility index (Phi) is 4.24. The molecule has 2 N–H and O–H groups in total. The van der Waals surface area contributed by atoms with Gasteiger partial charge in [-0.3, -0.25) is 9.69 Å². The van der Waals surface area contributed by atoms with Crippen molar-refractivity contribution in [3.05, 3.63) is 40.6 Å². The summed E-state index contributed by atoms with van der Waals surface area (Å²) < 4.78 is 19.3. The summed E-state index contributed by atoms with van der Waals surface area (Å²) in [5.74, 6) is -1.16. The Bertz CT molecular complexity index is 745. The second kappa shape index (κ2) is 6.33. The summed E-state index contributed by atoms with van der Waals surface area (Å²) in [6.45, 7) is 1.62. The van der Waals surface area contributed by atoms with Crippen LogP contribution in [0.5, 0.6) is 0 Å². The molecule has 1 saturated heterocycles. The molecule has 1 fully saturated rings. The molecule has 1 amide bonds. The number of carbonyl (C=O) groups excluding carboxylic acids is 1. The van der Waals surface area contributed by atoms with Crippen molar-refractivity contribution in [3.8, 4) is 11.5 Å². The first-order chi connectivity index (χ1) is 11.0. The number of amides is 1. The zero-order chi connectivity index (χ0) is 16.4. The van der Waals surface area contributed by atoms with Gasteiger partial charge in [0.1, 0.15) is 12.5 Å². The highest BCUT2D eigenvalue weighted by atomic mass is 19.1. The number of halogens is 1. The van der Waals surface area contributed by atoms with Gasteiger partial charge >= 0.3 is 5.76 Å². The minimum atomic E-state index is -0.568. The first-order valence-electron chi connectivity index (χ1n) is 7.38. The molecule has 0 spiro atoms. The van der Waals surface area contributed by atoms with E-state index in [-0.39, 0.29) is 30.2 Å². The minimum Gasteiger partial charge on any atom is -0.388 e. The molecular weight excluding hydrogens is 303 g/mol. The van der Waals surface area contributed by atoms with Crippen LogP contribution in [0.4, 0.5) is 4.39 Å². The number of nitrogens with zero attached hydrogens (tertiary/aromatic N) is 3. The molecule has 8 heteroatoms. The fourth-order valence-electron chi connectivity index (χ4n) is 2.65. The maximum atomic E-state index is 12.9. The number of likely N-dealkylation sites (tertiary alicyclic amines) is 1. The van der Waals surface area contributed by atoms with E-state index in [0.717, 1.165) is 0 Å². The lowest BCUT2D eigenvalue weighted by molar-refractivity contribution is -0.123. The van der Waals surface area contributed by atoms with E-state index < -0.39 is 5.76 Å². The van der Waals surface area contributed by atoms with Crippen LogP contribution < -0.4 is 11.5 Å². The van der Waals surface area contributed by atoms with Gasteiger partial charge in [0.25, 0.3) is 0 Å². The fourth-order valence-corrected chi connectivity index (χ4v) is 2.65. The molecule has 0 atom stereocenters. The second-order valence-corrected chi connectivity index (χ2v) is 5.62. The highest BCUT2D eigenvalue weighted by Gasteiger charge is 2.24. The van der Waals surface area contributed by atoms with E-state index in [0.29, 0.717) is 31.5 Å². The van der Waals surface area contributed by atoms with Gasteiger partial charge in [0.05, 0.1) is 0 Å². The Balaban J connectivity index is 1.69. The largest absolute Gasteiger partial charge is 0.438 e. The third-order valence-corrected chi connectivity index (χ3v) is 4.02. The summed E-state index contributed by atoms with van der Waals surface area (Å²) in [4.78, 5) is 25.0. The highest BCUT2D eigenvalue weighted by Crippen LogP contribution is 2.18. The molecule has 23 heavy (non-hydrogen) atoms. The Labute approximate surface area is 131 Å². The Morgan fingerprint density at radius 1 is 1.30 bits per heavy atom. The van der Waals surface area contributed by atoms with E-state index in [4.69, 9.17) is 10.2 Å². The molecule has 0 aliphatic carbocycles. The first-order valence-corrected chi connectivity index (χ1v) is 7.38. The Morgan fingerprint density at radius 3 is 2.57 bits per heavy atom. The van der Waals surface area contributed by atoms with Crippen LogP contribution in [0.15, 0.2) is 33.5 Å². The number of hydrogen-bond donors (Lipinski definition) is 1. The summed E-state index contributed by atoms with van der Waals surface area (Å²) in [6, 6.07) is 5.57. The molecular formula is C15H17FN4O3. The van der Waals surface area contributed by atoms with Crippen molar-refractivity contribution in [2.45, 2.75) is 19.5 Å². The van der Waals surface area contributed by atoms with Crippen LogP contribution in [-0.4, -0.2) is 33.7 Å². The lowest BCUT2D eigenvalue weighted by atomic mass is 9.97. The maximum absolute atomic E-state index is 12.9. The first kappa shape index (κ1) is 15.4. The van der Waals surface area contributed by atoms with Gasteiger partial charge in [0, 0.05) is 24.6 Å². The number of rotatable bonds is 4. The topological polar surface area (TPSA) is 94.4 Å². The average molecular weight is 320 g/mol. The van der Waals surface area contributed by atoms with Gasteiger partial charge in [-0.2, -0.15) is 4.68 Å². The van der Waals surface area contributed by atoms with Crippen molar-refractivity contribution in [2.75, 3.05) is 13.1 Å². The van der Waals surface area contributed by atoms with E-state index in [2.05, 4.69) is 5.10 Å². The van der Waals surface area contributed by atoms with Crippen LogP contribution >= 0.6 is 0 Å². The normalized spacial score (nSPS) is 16.6. The zero-order valence-electron chi connectivity index (χ0n) is 12.4. The molecule has 7 nitrogen and oxygen atoms in total. The van der Waals surface area contributed by atoms with Crippen LogP contribution in [0.3, 0.4) is 0 Å². The summed E-state index contributed by atoms with van der Waals surface area (Å²) in [5.41, 5.74) is 5.84. The average Bonchev–Trinajstić information content (AvgIpc) is 2.89. The number of nitrogens with two attached hydrogens (primary N) is 1. The predicted octanol–water partition coefficient (Wildman–Crippen LogP) is 0.797. The molecule has 122 valence electrons. The predicted molar refractivity (Wildman–Crippen MR) is 79.6 cm³/mol. The molecule has 0 saturated carbocycles. The number of primary amides is 1. The van der Waals surface area contributed by atoms with E-state index in [9.17, 15) is 14.0 Å². The van der Waals surface area contributed by atoms with Crippen molar-refractivity contribution in [3.63, 3.8) is 0 Å². The highest BCUT2D eigenvalue weighted by molar-refractivity contribution is 5.76. The van der Waals surface area contributed by atoms with Crippen molar-refractivity contribution < 1.29 is 13.6 Å². The third kappa shape index (κ3) is 3.48. The summed E-state index contributed by atoms with van der Waals surface area (Å²) in [7, 11) is 0. The van der Waals surface area contributed by atoms with Crippen molar-refractivity contribution in [1.29, 1.82) is 0 Å². The monoisotopic (exact) mass is 320 g/mol. The van der Waals surface area contributed by atoms with Crippen LogP contribution in [0.2, 0.25) is 0 Å². The van der Waals surface area contributed by atoms with E-state index in [1.54, 1.807) is 0 Å². The molecule has 2 heterocycles. The van der Waals surface area contributed by atoms with Crippen LogP contribution in [0.1, 0.15) is 12.8 Å². The quantitative estimate of drug-likeness (QED) is 0.899. The van der Waals surface area contributed by atoms with Crippen LogP contribution in [0.25, 0.3) is 11.5 Å². The fraction of sp³-hybridized carbons (Fsp3) is 0.400. The van der Waals surface area contributed by atoms with E-state index in [1.165, 1.54) is 28.9 Å². The molecule has 1 aromatic carbocycles. The summed E-state index contributed by atoms with van der Waals surface area (Å²) in [5, 5.41) is 4.14. The number of benzene rings is 1. The molecule has 0 unspecified atom stereocenters. The van der Waals surface area contributed by atoms with Gasteiger partial charge in [-0.1, -0.05) is 0 Å². The van der Waals surface area contributed by atoms with Crippen molar-refractivity contribution >= 4 is 5.91 Å². The molecule has 2 aromatic rings. The van der Waals surface area contributed by atoms with Crippen molar-refractivity contribution in [1.82, 2.24) is 14.7 Å². The van der Waals surface area contributed by atoms with Gasteiger partial charge in [0.2, 0.25) is 11.8 Å². The summed E-state index contributed by atoms with van der Waals surface area (Å²) in [6.07, 6.45) is 1.35. The van der Waals surface area contributed by atoms with Gasteiger partial charge in [-0.25, -0.2) is 9.18 Å². The lowest BCUT2D eigenvalue weighted by Crippen LogP contribution is -2.40. The second-order valence-electron chi connectivity index (χ2n) is 5.62. The molecule has 0 bridgehead atoms. The number of carbonyl (C=O) groups is 1. The van der Waals surface area contributed by atoms with Gasteiger partial charge in [0.15, 0.2) is 0 Å². The molecule has 1 aliphatic heterocycles. The third-order valence-electron chi connectivity index (χ3n) is 4.02.